The summed E-state index contributed by atoms with van der Waals surface area (Å²) in [5.74, 6) is 1.11. The van der Waals surface area contributed by atoms with E-state index in [1.807, 2.05) is 39.0 Å². The Balaban J connectivity index is 2.26. The van der Waals surface area contributed by atoms with E-state index < -0.39 is 0 Å². The van der Waals surface area contributed by atoms with Gasteiger partial charge in [-0.05, 0) is 56.2 Å². The van der Waals surface area contributed by atoms with Crippen LogP contribution in [0.15, 0.2) is 30.3 Å². The van der Waals surface area contributed by atoms with Gasteiger partial charge in [0.05, 0.1) is 13.2 Å². The summed E-state index contributed by atoms with van der Waals surface area (Å²) in [7, 11) is 1.57. The number of benzene rings is 2. The van der Waals surface area contributed by atoms with Crippen molar-refractivity contribution in [1.82, 2.24) is 0 Å². The van der Waals surface area contributed by atoms with Gasteiger partial charge in [0, 0.05) is 17.3 Å². The molecule has 1 atom stereocenters. The van der Waals surface area contributed by atoms with E-state index in [1.54, 1.807) is 19.2 Å². The van der Waals surface area contributed by atoms with Crippen LogP contribution in [0, 0.1) is 13.8 Å². The van der Waals surface area contributed by atoms with Crippen molar-refractivity contribution in [1.29, 1.82) is 0 Å². The van der Waals surface area contributed by atoms with Gasteiger partial charge in [0.2, 0.25) is 0 Å². The fourth-order valence-electron chi connectivity index (χ4n) is 2.28. The highest BCUT2D eigenvalue weighted by molar-refractivity contribution is 5.58. The van der Waals surface area contributed by atoms with Crippen LogP contribution in [0.5, 0.6) is 17.2 Å². The molecule has 1 unspecified atom stereocenters. The first-order chi connectivity index (χ1) is 9.92. The van der Waals surface area contributed by atoms with Crippen LogP contribution in [-0.2, 0) is 0 Å². The van der Waals surface area contributed by atoms with Crippen LogP contribution in [0.25, 0.3) is 0 Å². The molecule has 4 heteroatoms. The number of anilines is 1. The van der Waals surface area contributed by atoms with E-state index in [9.17, 15) is 10.2 Å². The predicted molar refractivity (Wildman–Crippen MR) is 84.3 cm³/mol. The molecule has 0 aliphatic carbocycles. The second-order valence-electron chi connectivity index (χ2n) is 5.24. The fourth-order valence-corrected chi connectivity index (χ4v) is 2.28. The van der Waals surface area contributed by atoms with Crippen LogP contribution in [0.3, 0.4) is 0 Å². The van der Waals surface area contributed by atoms with Gasteiger partial charge < -0.3 is 20.3 Å². The van der Waals surface area contributed by atoms with Crippen molar-refractivity contribution in [2.45, 2.75) is 26.8 Å². The Bertz CT molecular complexity index is 653. The zero-order valence-corrected chi connectivity index (χ0v) is 12.8. The summed E-state index contributed by atoms with van der Waals surface area (Å²) in [6.45, 7) is 5.76. The number of hydrogen-bond donors (Lipinski definition) is 3. The van der Waals surface area contributed by atoms with Gasteiger partial charge in [-0.15, -0.1) is 0 Å². The largest absolute Gasteiger partial charge is 0.508 e. The van der Waals surface area contributed by atoms with Crippen molar-refractivity contribution < 1.29 is 14.9 Å². The molecule has 0 amide bonds. The monoisotopic (exact) mass is 287 g/mol. The molecule has 0 heterocycles. The minimum absolute atomic E-state index is 0.0708. The molecule has 0 spiro atoms. The van der Waals surface area contributed by atoms with E-state index in [4.69, 9.17) is 4.74 Å². The molecular formula is C17H21NO3. The van der Waals surface area contributed by atoms with Gasteiger partial charge in [-0.2, -0.15) is 0 Å². The van der Waals surface area contributed by atoms with Gasteiger partial charge in [-0.1, -0.05) is 0 Å². The Hall–Kier alpha value is -2.36. The summed E-state index contributed by atoms with van der Waals surface area (Å²) in [5.41, 5.74) is 3.50. The van der Waals surface area contributed by atoms with Crippen LogP contribution in [0.2, 0.25) is 0 Å². The smallest absolute Gasteiger partial charge is 0.124 e. The van der Waals surface area contributed by atoms with Crippen molar-refractivity contribution in [2.24, 2.45) is 0 Å². The topological polar surface area (TPSA) is 61.7 Å². The minimum atomic E-state index is -0.0708. The summed E-state index contributed by atoms with van der Waals surface area (Å²) >= 11 is 0. The average molecular weight is 287 g/mol. The van der Waals surface area contributed by atoms with Gasteiger partial charge in [-0.3, -0.25) is 0 Å². The van der Waals surface area contributed by atoms with Crippen LogP contribution >= 0.6 is 0 Å². The first-order valence-electron chi connectivity index (χ1n) is 6.86. The standard InChI is InChI=1S/C17H21NO3/c1-10-8-16(19)11(2)7-15(10)18-12(3)14-6-5-13(21-4)9-17(14)20/h5-9,12,18-20H,1-4H3. The number of phenols is 2. The molecule has 3 N–H and O–H groups in total. The summed E-state index contributed by atoms with van der Waals surface area (Å²) in [6.07, 6.45) is 0. The third-order valence-corrected chi connectivity index (χ3v) is 3.62. The molecule has 2 aromatic rings. The highest BCUT2D eigenvalue weighted by Gasteiger charge is 2.13. The van der Waals surface area contributed by atoms with Crippen molar-refractivity contribution in [3.05, 3.63) is 47.0 Å². The van der Waals surface area contributed by atoms with Crippen LogP contribution in [0.4, 0.5) is 5.69 Å². The molecule has 0 saturated carbocycles. The molecule has 112 valence electrons. The Kier molecular flexibility index (Phi) is 4.26. The van der Waals surface area contributed by atoms with Gasteiger partial charge in [0.1, 0.15) is 17.2 Å². The van der Waals surface area contributed by atoms with Crippen LogP contribution in [-0.4, -0.2) is 17.3 Å². The average Bonchev–Trinajstić information content (AvgIpc) is 2.44. The quantitative estimate of drug-likeness (QED) is 0.746. The van der Waals surface area contributed by atoms with E-state index in [1.165, 1.54) is 0 Å². The number of aromatic hydroxyl groups is 2. The maximum absolute atomic E-state index is 10.1. The van der Waals surface area contributed by atoms with E-state index >= 15 is 0 Å². The maximum Gasteiger partial charge on any atom is 0.124 e. The number of rotatable bonds is 4. The van der Waals surface area contributed by atoms with Crippen molar-refractivity contribution in [2.75, 3.05) is 12.4 Å². The number of ether oxygens (including phenoxy) is 1. The zero-order valence-electron chi connectivity index (χ0n) is 12.8. The van der Waals surface area contributed by atoms with Gasteiger partial charge in [0.25, 0.3) is 0 Å². The Morgan fingerprint density at radius 3 is 2.33 bits per heavy atom. The Labute approximate surface area is 125 Å². The highest BCUT2D eigenvalue weighted by atomic mass is 16.5. The predicted octanol–water partition coefficient (Wildman–Crippen LogP) is 3.90. The van der Waals surface area contributed by atoms with E-state index in [-0.39, 0.29) is 17.5 Å². The van der Waals surface area contributed by atoms with Gasteiger partial charge in [0.15, 0.2) is 0 Å². The molecule has 0 aliphatic rings. The van der Waals surface area contributed by atoms with E-state index in [0.29, 0.717) is 5.75 Å². The number of nitrogens with one attached hydrogen (secondary N) is 1. The molecule has 4 nitrogen and oxygen atoms in total. The van der Waals surface area contributed by atoms with Crippen LogP contribution in [0.1, 0.15) is 29.7 Å². The number of aryl methyl sites for hydroxylation is 2. The summed E-state index contributed by atoms with van der Waals surface area (Å²) in [5, 5.41) is 23.1. The number of phenolic OH excluding ortho intramolecular Hbond substituents is 2. The summed E-state index contributed by atoms with van der Waals surface area (Å²) < 4.78 is 5.09. The second-order valence-corrected chi connectivity index (χ2v) is 5.24. The third kappa shape index (κ3) is 3.21. The first kappa shape index (κ1) is 15.0. The lowest BCUT2D eigenvalue weighted by Crippen LogP contribution is -2.08. The number of hydrogen-bond acceptors (Lipinski definition) is 4. The highest BCUT2D eigenvalue weighted by Crippen LogP contribution is 2.32. The van der Waals surface area contributed by atoms with Gasteiger partial charge in [-0.25, -0.2) is 0 Å². The minimum Gasteiger partial charge on any atom is -0.508 e. The third-order valence-electron chi connectivity index (χ3n) is 3.62. The van der Waals surface area contributed by atoms with Crippen LogP contribution < -0.4 is 10.1 Å². The molecular weight excluding hydrogens is 266 g/mol. The molecule has 0 aromatic heterocycles. The normalized spacial score (nSPS) is 12.0. The molecule has 0 bridgehead atoms. The lowest BCUT2D eigenvalue weighted by atomic mass is 10.0. The van der Waals surface area contributed by atoms with Crippen molar-refractivity contribution in [3.8, 4) is 17.2 Å². The molecule has 0 radical (unpaired) electrons. The molecule has 0 aliphatic heterocycles. The van der Waals surface area contributed by atoms with Crippen molar-refractivity contribution in [3.63, 3.8) is 0 Å². The molecule has 0 fully saturated rings. The SMILES string of the molecule is COc1ccc(C(C)Nc2cc(C)c(O)cc2C)c(O)c1. The zero-order chi connectivity index (χ0) is 15.6. The molecule has 21 heavy (non-hydrogen) atoms. The van der Waals surface area contributed by atoms with E-state index in [0.717, 1.165) is 22.4 Å². The number of methoxy groups -OCH3 is 1. The Morgan fingerprint density at radius 1 is 1.00 bits per heavy atom. The van der Waals surface area contributed by atoms with E-state index in [2.05, 4.69) is 5.32 Å². The fraction of sp³-hybridized carbons (Fsp3) is 0.294. The summed E-state index contributed by atoms with van der Waals surface area (Å²) in [6, 6.07) is 8.83. The van der Waals surface area contributed by atoms with Crippen molar-refractivity contribution >= 4 is 5.69 Å². The molecule has 2 rings (SSSR count). The Morgan fingerprint density at radius 2 is 1.71 bits per heavy atom. The lowest BCUT2D eigenvalue weighted by Gasteiger charge is -2.19. The molecule has 2 aromatic carbocycles. The maximum atomic E-state index is 10.1. The molecule has 0 saturated heterocycles. The second kappa shape index (κ2) is 5.95. The first-order valence-corrected chi connectivity index (χ1v) is 6.86. The lowest BCUT2D eigenvalue weighted by molar-refractivity contribution is 0.406. The van der Waals surface area contributed by atoms with Gasteiger partial charge >= 0.3 is 0 Å². The summed E-state index contributed by atoms with van der Waals surface area (Å²) in [4.78, 5) is 0.